The third-order valence-electron chi connectivity index (χ3n) is 4.47. The standard InChI is InChI=1S/C21H17N3/c1-4-16-9-10-20-19(11-16)21(18-8-6-5-7-14(18)2)23-13-17-12-22-15(3)24(17)20/h1,5-12H,13H2,2-3H3. The van der Waals surface area contributed by atoms with Gasteiger partial charge in [-0.1, -0.05) is 30.2 Å². The topological polar surface area (TPSA) is 30.2 Å². The second-order valence-electron chi connectivity index (χ2n) is 5.99. The molecule has 4 rings (SSSR count). The lowest BCUT2D eigenvalue weighted by Gasteiger charge is -2.15. The maximum Gasteiger partial charge on any atom is 0.110 e. The van der Waals surface area contributed by atoms with E-state index in [2.05, 4.69) is 46.7 Å². The number of aryl methyl sites for hydroxylation is 2. The van der Waals surface area contributed by atoms with E-state index in [0.717, 1.165) is 39.6 Å². The molecule has 3 nitrogen and oxygen atoms in total. The van der Waals surface area contributed by atoms with Crippen LogP contribution in [0.25, 0.3) is 5.69 Å². The van der Waals surface area contributed by atoms with E-state index in [0.29, 0.717) is 6.54 Å². The van der Waals surface area contributed by atoms with Gasteiger partial charge in [0.05, 0.1) is 29.8 Å². The van der Waals surface area contributed by atoms with Crippen LogP contribution in [0.1, 0.15) is 33.8 Å². The third-order valence-corrected chi connectivity index (χ3v) is 4.47. The van der Waals surface area contributed by atoms with E-state index in [9.17, 15) is 0 Å². The molecule has 116 valence electrons. The Bertz CT molecular complexity index is 1020. The molecule has 1 aliphatic rings. The molecule has 0 aliphatic carbocycles. The van der Waals surface area contributed by atoms with Gasteiger partial charge in [0.15, 0.2) is 0 Å². The maximum absolute atomic E-state index is 5.63. The number of benzene rings is 2. The fourth-order valence-electron chi connectivity index (χ4n) is 3.26. The lowest BCUT2D eigenvalue weighted by Crippen LogP contribution is -2.10. The normalized spacial score (nSPS) is 12.6. The van der Waals surface area contributed by atoms with E-state index in [-0.39, 0.29) is 0 Å². The third kappa shape index (κ3) is 2.16. The molecule has 1 aromatic heterocycles. The minimum Gasteiger partial charge on any atom is -0.298 e. The Morgan fingerprint density at radius 1 is 1.08 bits per heavy atom. The summed E-state index contributed by atoms with van der Waals surface area (Å²) in [6.45, 7) is 4.73. The largest absolute Gasteiger partial charge is 0.298 e. The molecule has 0 amide bonds. The average Bonchev–Trinajstić information content (AvgIpc) is 2.88. The van der Waals surface area contributed by atoms with Crippen molar-refractivity contribution in [2.75, 3.05) is 0 Å². The lowest BCUT2D eigenvalue weighted by atomic mass is 9.95. The minimum atomic E-state index is 0.602. The van der Waals surface area contributed by atoms with Gasteiger partial charge in [-0.05, 0) is 37.6 Å². The van der Waals surface area contributed by atoms with Crippen molar-refractivity contribution in [2.45, 2.75) is 20.4 Å². The summed E-state index contributed by atoms with van der Waals surface area (Å²) < 4.78 is 2.17. The zero-order valence-corrected chi connectivity index (χ0v) is 13.7. The van der Waals surface area contributed by atoms with E-state index in [1.807, 2.05) is 31.3 Å². The fraction of sp³-hybridized carbons (Fsp3) is 0.143. The summed E-state index contributed by atoms with van der Waals surface area (Å²) >= 11 is 0. The number of nitrogens with zero attached hydrogens (tertiary/aromatic N) is 3. The second kappa shape index (κ2) is 5.50. The molecule has 24 heavy (non-hydrogen) atoms. The lowest BCUT2D eigenvalue weighted by molar-refractivity contribution is 0.889. The number of rotatable bonds is 1. The van der Waals surface area contributed by atoms with Crippen LogP contribution in [0.4, 0.5) is 0 Å². The molecule has 0 N–H and O–H groups in total. The molecular formula is C21H17N3. The SMILES string of the molecule is C#Cc1ccc2c(c1)C(c1ccccc1C)=NCc1cnc(C)n1-2. The van der Waals surface area contributed by atoms with Crippen molar-refractivity contribution >= 4 is 5.71 Å². The van der Waals surface area contributed by atoms with Crippen LogP contribution in [0, 0.1) is 26.2 Å². The van der Waals surface area contributed by atoms with E-state index < -0.39 is 0 Å². The first kappa shape index (κ1) is 14.5. The van der Waals surface area contributed by atoms with E-state index in [1.165, 1.54) is 5.56 Å². The molecule has 2 aromatic carbocycles. The molecule has 0 saturated heterocycles. The second-order valence-corrected chi connectivity index (χ2v) is 5.99. The zero-order chi connectivity index (χ0) is 16.7. The Balaban J connectivity index is 2.04. The van der Waals surface area contributed by atoms with Crippen LogP contribution in [-0.2, 0) is 6.54 Å². The van der Waals surface area contributed by atoms with Gasteiger partial charge in [-0.15, -0.1) is 6.42 Å². The quantitative estimate of drug-likeness (QED) is 0.628. The van der Waals surface area contributed by atoms with E-state index >= 15 is 0 Å². The number of hydrogen-bond donors (Lipinski definition) is 0. The van der Waals surface area contributed by atoms with Crippen molar-refractivity contribution in [1.82, 2.24) is 9.55 Å². The number of imidazole rings is 1. The molecule has 1 aliphatic heterocycles. The van der Waals surface area contributed by atoms with Gasteiger partial charge in [-0.2, -0.15) is 0 Å². The van der Waals surface area contributed by atoms with Gasteiger partial charge >= 0.3 is 0 Å². The van der Waals surface area contributed by atoms with Crippen LogP contribution < -0.4 is 0 Å². The first-order valence-corrected chi connectivity index (χ1v) is 7.94. The first-order valence-electron chi connectivity index (χ1n) is 7.94. The van der Waals surface area contributed by atoms with Gasteiger partial charge in [0.2, 0.25) is 0 Å². The Labute approximate surface area is 141 Å². The Kier molecular flexibility index (Phi) is 3.32. The molecule has 0 saturated carbocycles. The molecule has 0 radical (unpaired) electrons. The molecule has 3 aromatic rings. The molecule has 0 bridgehead atoms. The predicted octanol–water partition coefficient (Wildman–Crippen LogP) is 3.82. The zero-order valence-electron chi connectivity index (χ0n) is 13.7. The van der Waals surface area contributed by atoms with Crippen LogP contribution in [0.15, 0.2) is 53.7 Å². The predicted molar refractivity (Wildman–Crippen MR) is 96.8 cm³/mol. The highest BCUT2D eigenvalue weighted by Crippen LogP contribution is 2.28. The van der Waals surface area contributed by atoms with Gasteiger partial charge in [-0.3, -0.25) is 9.56 Å². The summed E-state index contributed by atoms with van der Waals surface area (Å²) in [5.41, 5.74) is 7.42. The van der Waals surface area contributed by atoms with Crippen LogP contribution in [0.3, 0.4) is 0 Å². The van der Waals surface area contributed by atoms with Crippen molar-refractivity contribution in [3.05, 3.63) is 82.4 Å². The number of aliphatic imine (C=N–C) groups is 1. The van der Waals surface area contributed by atoms with E-state index in [4.69, 9.17) is 11.4 Å². The summed E-state index contributed by atoms with van der Waals surface area (Å²) in [6, 6.07) is 14.4. The summed E-state index contributed by atoms with van der Waals surface area (Å²) in [5.74, 6) is 3.70. The van der Waals surface area contributed by atoms with Crippen molar-refractivity contribution in [2.24, 2.45) is 4.99 Å². The fourth-order valence-corrected chi connectivity index (χ4v) is 3.26. The van der Waals surface area contributed by atoms with Crippen molar-refractivity contribution in [3.8, 4) is 18.0 Å². The van der Waals surface area contributed by atoms with Crippen LogP contribution >= 0.6 is 0 Å². The monoisotopic (exact) mass is 311 g/mol. The summed E-state index contributed by atoms with van der Waals surface area (Å²) in [6.07, 6.45) is 7.53. The van der Waals surface area contributed by atoms with Crippen LogP contribution in [0.2, 0.25) is 0 Å². The summed E-state index contributed by atoms with van der Waals surface area (Å²) in [7, 11) is 0. The molecule has 0 atom stereocenters. The highest BCUT2D eigenvalue weighted by molar-refractivity contribution is 6.16. The van der Waals surface area contributed by atoms with Gasteiger partial charge in [-0.25, -0.2) is 4.98 Å². The van der Waals surface area contributed by atoms with Crippen molar-refractivity contribution < 1.29 is 0 Å². The first-order chi connectivity index (χ1) is 11.7. The molecule has 3 heteroatoms. The van der Waals surface area contributed by atoms with Crippen molar-refractivity contribution in [3.63, 3.8) is 0 Å². The van der Waals surface area contributed by atoms with Crippen molar-refractivity contribution in [1.29, 1.82) is 0 Å². The molecule has 2 heterocycles. The maximum atomic E-state index is 5.63. The molecule has 0 unspecified atom stereocenters. The molecular weight excluding hydrogens is 294 g/mol. The Morgan fingerprint density at radius 3 is 2.71 bits per heavy atom. The van der Waals surface area contributed by atoms with Gasteiger partial charge in [0, 0.05) is 16.7 Å². The van der Waals surface area contributed by atoms with Gasteiger partial charge in [0.1, 0.15) is 5.82 Å². The average molecular weight is 311 g/mol. The van der Waals surface area contributed by atoms with E-state index in [1.54, 1.807) is 0 Å². The number of aromatic nitrogens is 2. The van der Waals surface area contributed by atoms with Gasteiger partial charge < -0.3 is 0 Å². The minimum absolute atomic E-state index is 0.602. The molecule has 0 spiro atoms. The highest BCUT2D eigenvalue weighted by atomic mass is 15.1. The Hall–Kier alpha value is -3.12. The van der Waals surface area contributed by atoms with Gasteiger partial charge in [0.25, 0.3) is 0 Å². The summed E-state index contributed by atoms with van der Waals surface area (Å²) in [5, 5.41) is 0. The molecule has 0 fully saturated rings. The summed E-state index contributed by atoms with van der Waals surface area (Å²) in [4.78, 5) is 9.36. The Morgan fingerprint density at radius 2 is 1.92 bits per heavy atom. The number of fused-ring (bicyclic) bond motifs is 3. The van der Waals surface area contributed by atoms with Crippen LogP contribution in [0.5, 0.6) is 0 Å². The number of hydrogen-bond acceptors (Lipinski definition) is 2. The highest BCUT2D eigenvalue weighted by Gasteiger charge is 2.21. The smallest absolute Gasteiger partial charge is 0.110 e. The van der Waals surface area contributed by atoms with Crippen LogP contribution in [-0.4, -0.2) is 15.3 Å². The number of terminal acetylenes is 1.